The summed E-state index contributed by atoms with van der Waals surface area (Å²) in [6, 6.07) is 8.01. The minimum Gasteiger partial charge on any atom is -0.392 e. The molecular weight excluding hydrogens is 310 g/mol. The third-order valence-electron chi connectivity index (χ3n) is 3.17. The summed E-state index contributed by atoms with van der Waals surface area (Å²) in [5, 5.41) is 16.6. The highest BCUT2D eigenvalue weighted by Gasteiger charge is 2.27. The molecule has 0 unspecified atom stereocenters. The first kappa shape index (κ1) is 12.8. The van der Waals surface area contributed by atoms with E-state index < -0.39 is 0 Å². The van der Waals surface area contributed by atoms with Gasteiger partial charge in [0.25, 0.3) is 0 Å². The molecule has 3 rings (SSSR count). The van der Waals surface area contributed by atoms with Crippen LogP contribution < -0.4 is 5.32 Å². The Morgan fingerprint density at radius 2 is 2.16 bits per heavy atom. The summed E-state index contributed by atoms with van der Waals surface area (Å²) < 4.78 is 6.30. The predicted octanol–water partition coefficient (Wildman–Crippen LogP) is 1.82. The minimum atomic E-state index is -0.327. The van der Waals surface area contributed by atoms with E-state index in [1.54, 1.807) is 0 Å². The Balaban J connectivity index is 1.69. The van der Waals surface area contributed by atoms with Crippen LogP contribution in [0.5, 0.6) is 0 Å². The van der Waals surface area contributed by atoms with Gasteiger partial charge in [-0.25, -0.2) is 0 Å². The minimum absolute atomic E-state index is 0.0267. The van der Waals surface area contributed by atoms with E-state index in [1.165, 1.54) is 0 Å². The molecule has 0 radical (unpaired) electrons. The summed E-state index contributed by atoms with van der Waals surface area (Å²) in [4.78, 5) is 4.38. The molecule has 1 saturated heterocycles. The highest BCUT2D eigenvalue weighted by molar-refractivity contribution is 9.10. The molecule has 1 aliphatic rings. The molecule has 0 spiro atoms. The number of hydrogen-bond donors (Lipinski definition) is 2. The van der Waals surface area contributed by atoms with Crippen LogP contribution in [-0.2, 0) is 6.42 Å². The number of rotatable bonds is 3. The van der Waals surface area contributed by atoms with Crippen LogP contribution in [0.2, 0.25) is 0 Å². The van der Waals surface area contributed by atoms with E-state index in [0.29, 0.717) is 31.1 Å². The lowest BCUT2D eigenvalue weighted by atomic mass is 10.1. The zero-order chi connectivity index (χ0) is 13.2. The molecule has 0 bridgehead atoms. The van der Waals surface area contributed by atoms with Gasteiger partial charge in [-0.05, 0) is 24.1 Å². The zero-order valence-corrected chi connectivity index (χ0v) is 11.8. The summed E-state index contributed by atoms with van der Waals surface area (Å²) in [6.45, 7) is 0.578. The van der Waals surface area contributed by atoms with Crippen molar-refractivity contribution in [1.29, 1.82) is 0 Å². The molecule has 1 aliphatic heterocycles. The quantitative estimate of drug-likeness (QED) is 0.901. The van der Waals surface area contributed by atoms with Gasteiger partial charge < -0.3 is 14.9 Å². The molecule has 19 heavy (non-hydrogen) atoms. The van der Waals surface area contributed by atoms with Crippen molar-refractivity contribution in [3.05, 3.63) is 46.0 Å². The second-order valence-electron chi connectivity index (χ2n) is 4.70. The number of halogens is 1. The number of nitrogens with zero attached hydrogens (tertiary/aromatic N) is 2. The molecule has 2 heterocycles. The van der Waals surface area contributed by atoms with Crippen molar-refractivity contribution in [3.8, 4) is 0 Å². The van der Waals surface area contributed by atoms with E-state index in [-0.39, 0.29) is 12.1 Å². The van der Waals surface area contributed by atoms with Gasteiger partial charge in [-0.3, -0.25) is 0 Å². The van der Waals surface area contributed by atoms with E-state index in [0.717, 1.165) is 10.0 Å². The molecule has 6 heteroatoms. The highest BCUT2D eigenvalue weighted by atomic mass is 79.9. The summed E-state index contributed by atoms with van der Waals surface area (Å²) in [5.41, 5.74) is 1.13. The predicted molar refractivity (Wildman–Crippen MR) is 72.6 cm³/mol. The van der Waals surface area contributed by atoms with Gasteiger partial charge in [0.05, 0.1) is 12.1 Å². The van der Waals surface area contributed by atoms with Crippen LogP contribution in [0.3, 0.4) is 0 Å². The maximum atomic E-state index is 9.47. The Morgan fingerprint density at radius 3 is 2.84 bits per heavy atom. The highest BCUT2D eigenvalue weighted by Crippen LogP contribution is 2.22. The zero-order valence-electron chi connectivity index (χ0n) is 10.2. The van der Waals surface area contributed by atoms with Crippen LogP contribution in [0.25, 0.3) is 0 Å². The fraction of sp³-hybridized carbons (Fsp3) is 0.385. The van der Waals surface area contributed by atoms with Crippen LogP contribution in [0, 0.1) is 0 Å². The summed E-state index contributed by atoms with van der Waals surface area (Å²) in [6.07, 6.45) is 0.943. The van der Waals surface area contributed by atoms with Crippen LogP contribution in [-0.4, -0.2) is 27.9 Å². The fourth-order valence-corrected chi connectivity index (χ4v) is 2.44. The van der Waals surface area contributed by atoms with E-state index in [1.807, 2.05) is 24.3 Å². The average molecular weight is 324 g/mol. The van der Waals surface area contributed by atoms with Gasteiger partial charge >= 0.3 is 0 Å². The van der Waals surface area contributed by atoms with Crippen LogP contribution in [0.1, 0.15) is 29.7 Å². The van der Waals surface area contributed by atoms with Gasteiger partial charge in [-0.15, -0.1) is 0 Å². The number of aliphatic hydroxyl groups is 1. The molecule has 100 valence electrons. The second kappa shape index (κ2) is 5.40. The van der Waals surface area contributed by atoms with E-state index in [4.69, 9.17) is 4.52 Å². The number of benzene rings is 1. The van der Waals surface area contributed by atoms with Crippen molar-refractivity contribution in [1.82, 2.24) is 15.5 Å². The van der Waals surface area contributed by atoms with Crippen molar-refractivity contribution < 1.29 is 9.63 Å². The van der Waals surface area contributed by atoms with E-state index >= 15 is 0 Å². The van der Waals surface area contributed by atoms with Gasteiger partial charge in [0.2, 0.25) is 5.89 Å². The first-order valence-electron chi connectivity index (χ1n) is 6.19. The number of aliphatic hydroxyl groups excluding tert-OH is 1. The normalized spacial score (nSPS) is 22.8. The Bertz CT molecular complexity index is 555. The lowest BCUT2D eigenvalue weighted by Gasteiger charge is -2.01. The number of aromatic nitrogens is 2. The van der Waals surface area contributed by atoms with Crippen LogP contribution in [0.4, 0.5) is 0 Å². The summed E-state index contributed by atoms with van der Waals surface area (Å²) >= 11 is 3.40. The van der Waals surface area contributed by atoms with Crippen molar-refractivity contribution in [2.24, 2.45) is 0 Å². The van der Waals surface area contributed by atoms with Gasteiger partial charge in [-0.1, -0.05) is 33.2 Å². The van der Waals surface area contributed by atoms with E-state index in [9.17, 15) is 5.11 Å². The summed E-state index contributed by atoms with van der Waals surface area (Å²) in [7, 11) is 0. The molecule has 2 N–H and O–H groups in total. The SMILES string of the molecule is O[C@@H]1CN[C@H](c2nc(Cc3ccc(Br)cc3)no2)C1. The van der Waals surface area contributed by atoms with Crippen LogP contribution in [0.15, 0.2) is 33.3 Å². The molecule has 1 aromatic heterocycles. The smallest absolute Gasteiger partial charge is 0.243 e. The molecular formula is C13H14BrN3O2. The Kier molecular flexibility index (Phi) is 3.63. The number of nitrogens with one attached hydrogen (secondary N) is 1. The van der Waals surface area contributed by atoms with Crippen LogP contribution >= 0.6 is 15.9 Å². The average Bonchev–Trinajstić information content (AvgIpc) is 3.01. The molecule has 0 saturated carbocycles. The molecule has 5 nitrogen and oxygen atoms in total. The summed E-state index contributed by atoms with van der Waals surface area (Å²) in [5.74, 6) is 1.23. The standard InChI is InChI=1S/C13H14BrN3O2/c14-9-3-1-8(2-4-9)5-12-16-13(19-17-12)11-6-10(18)7-15-11/h1-4,10-11,15,18H,5-7H2/t10-,11-/m0/s1. The third-order valence-corrected chi connectivity index (χ3v) is 3.69. The lowest BCUT2D eigenvalue weighted by Crippen LogP contribution is -2.15. The second-order valence-corrected chi connectivity index (χ2v) is 5.62. The van der Waals surface area contributed by atoms with Gasteiger partial charge in [-0.2, -0.15) is 4.98 Å². The molecule has 1 fully saturated rings. The fourth-order valence-electron chi connectivity index (χ4n) is 2.17. The van der Waals surface area contributed by atoms with Gasteiger partial charge in [0, 0.05) is 17.4 Å². The number of β-amino-alcohol motifs (C(OH)–C–C–N with tert-alkyl or cyclic N) is 1. The third kappa shape index (κ3) is 3.02. The Hall–Kier alpha value is -1.24. The van der Waals surface area contributed by atoms with Crippen molar-refractivity contribution in [2.75, 3.05) is 6.54 Å². The Labute approximate surface area is 119 Å². The van der Waals surface area contributed by atoms with Gasteiger partial charge in [0.15, 0.2) is 5.82 Å². The number of hydrogen-bond acceptors (Lipinski definition) is 5. The largest absolute Gasteiger partial charge is 0.392 e. The van der Waals surface area contributed by atoms with E-state index in [2.05, 4.69) is 31.4 Å². The molecule has 1 aromatic carbocycles. The van der Waals surface area contributed by atoms with Crippen molar-refractivity contribution in [3.63, 3.8) is 0 Å². The molecule has 0 aliphatic carbocycles. The van der Waals surface area contributed by atoms with Crippen molar-refractivity contribution in [2.45, 2.75) is 25.0 Å². The monoisotopic (exact) mass is 323 g/mol. The molecule has 2 aromatic rings. The first-order valence-corrected chi connectivity index (χ1v) is 6.98. The maximum absolute atomic E-state index is 9.47. The van der Waals surface area contributed by atoms with Crippen molar-refractivity contribution >= 4 is 15.9 Å². The molecule has 2 atom stereocenters. The Morgan fingerprint density at radius 1 is 1.37 bits per heavy atom. The van der Waals surface area contributed by atoms with Gasteiger partial charge in [0.1, 0.15) is 0 Å². The maximum Gasteiger partial charge on any atom is 0.243 e. The topological polar surface area (TPSA) is 71.2 Å². The lowest BCUT2D eigenvalue weighted by molar-refractivity contribution is 0.191. The first-order chi connectivity index (χ1) is 9.20. The molecule has 0 amide bonds.